The zero-order valence-corrected chi connectivity index (χ0v) is 17.1. The second-order valence-electron chi connectivity index (χ2n) is 7.90. The lowest BCUT2D eigenvalue weighted by atomic mass is 10.0. The van der Waals surface area contributed by atoms with Gasteiger partial charge in [0.15, 0.2) is 0 Å². The number of anilines is 1. The molecule has 1 aromatic carbocycles. The molecule has 0 radical (unpaired) electrons. The quantitative estimate of drug-likeness (QED) is 0.778. The molecule has 1 saturated heterocycles. The van der Waals surface area contributed by atoms with E-state index >= 15 is 0 Å². The monoisotopic (exact) mass is 393 g/mol. The third kappa shape index (κ3) is 4.89. The van der Waals surface area contributed by atoms with Gasteiger partial charge < -0.3 is 10.6 Å². The van der Waals surface area contributed by atoms with Crippen LogP contribution in [-0.2, 0) is 14.8 Å². The fourth-order valence-electron chi connectivity index (χ4n) is 4.28. The average Bonchev–Trinajstić information content (AvgIpc) is 3.14. The van der Waals surface area contributed by atoms with Crippen LogP contribution in [0.15, 0.2) is 29.2 Å². The zero-order valence-electron chi connectivity index (χ0n) is 16.3. The number of amides is 1. The van der Waals surface area contributed by atoms with Gasteiger partial charge in [-0.15, -0.1) is 0 Å². The maximum absolute atomic E-state index is 13.0. The van der Waals surface area contributed by atoms with Crippen LogP contribution in [0, 0.1) is 0 Å². The third-order valence-corrected chi connectivity index (χ3v) is 7.88. The molecule has 1 heterocycles. The molecule has 0 aromatic heterocycles. The van der Waals surface area contributed by atoms with Crippen molar-refractivity contribution in [1.29, 1.82) is 0 Å². The number of hydrogen-bond donors (Lipinski definition) is 2. The van der Waals surface area contributed by atoms with Gasteiger partial charge >= 0.3 is 0 Å². The van der Waals surface area contributed by atoms with Crippen molar-refractivity contribution in [2.24, 2.45) is 0 Å². The molecule has 1 aromatic rings. The number of carbonyl (C=O) groups is 1. The van der Waals surface area contributed by atoms with Crippen LogP contribution >= 0.6 is 0 Å². The zero-order chi connectivity index (χ0) is 19.4. The maximum atomic E-state index is 13.0. The molecular weight excluding hydrogens is 362 g/mol. The van der Waals surface area contributed by atoms with Gasteiger partial charge in [0.25, 0.3) is 0 Å². The highest BCUT2D eigenvalue weighted by Gasteiger charge is 2.35. The Kier molecular flexibility index (Phi) is 6.55. The Hall–Kier alpha value is -1.44. The minimum absolute atomic E-state index is 0.0137. The Morgan fingerprint density at radius 2 is 1.59 bits per heavy atom. The summed E-state index contributed by atoms with van der Waals surface area (Å²) in [6.07, 6.45) is 7.57. The van der Waals surface area contributed by atoms with Gasteiger partial charge in [-0.2, -0.15) is 4.31 Å². The number of sulfonamides is 1. The van der Waals surface area contributed by atoms with E-state index in [1.807, 2.05) is 13.8 Å². The summed E-state index contributed by atoms with van der Waals surface area (Å²) >= 11 is 0. The van der Waals surface area contributed by atoms with E-state index in [1.165, 1.54) is 12.8 Å². The molecular formula is C20H31N3O3S. The summed E-state index contributed by atoms with van der Waals surface area (Å²) in [5.41, 5.74) is 0.618. The molecule has 2 N–H and O–H groups in total. The molecule has 1 aliphatic carbocycles. The van der Waals surface area contributed by atoms with Crippen molar-refractivity contribution in [3.05, 3.63) is 24.3 Å². The van der Waals surface area contributed by atoms with Crippen LogP contribution in [0.3, 0.4) is 0 Å². The van der Waals surface area contributed by atoms with Crippen LogP contribution in [-0.4, -0.2) is 43.3 Å². The number of piperidine rings is 1. The van der Waals surface area contributed by atoms with Crippen molar-refractivity contribution in [1.82, 2.24) is 9.62 Å². The van der Waals surface area contributed by atoms with Gasteiger partial charge in [-0.1, -0.05) is 19.3 Å². The number of benzene rings is 1. The molecule has 27 heavy (non-hydrogen) atoms. The first-order valence-electron chi connectivity index (χ1n) is 10.0. The SMILES string of the molecule is C[C@H]1CCC[C@H](C)N1S(=O)(=O)c1ccc(NC(=O)CNC2CCCC2)cc1. The molecule has 2 fully saturated rings. The lowest BCUT2D eigenvalue weighted by Crippen LogP contribution is -2.47. The molecule has 1 saturated carbocycles. The second kappa shape index (κ2) is 8.71. The summed E-state index contributed by atoms with van der Waals surface area (Å²) in [6, 6.07) is 6.97. The predicted octanol–water partition coefficient (Wildman–Crippen LogP) is 3.11. The van der Waals surface area contributed by atoms with Gasteiger partial charge in [0, 0.05) is 23.8 Å². The molecule has 2 aliphatic rings. The van der Waals surface area contributed by atoms with E-state index in [0.29, 0.717) is 11.7 Å². The predicted molar refractivity (Wildman–Crippen MR) is 107 cm³/mol. The van der Waals surface area contributed by atoms with Crippen molar-refractivity contribution >= 4 is 21.6 Å². The Morgan fingerprint density at radius 1 is 1.00 bits per heavy atom. The molecule has 7 heteroatoms. The van der Waals surface area contributed by atoms with E-state index in [-0.39, 0.29) is 29.4 Å². The summed E-state index contributed by atoms with van der Waals surface area (Å²) in [7, 11) is -3.52. The normalized spacial score (nSPS) is 24.8. The van der Waals surface area contributed by atoms with Crippen molar-refractivity contribution in [2.45, 2.75) is 81.8 Å². The highest BCUT2D eigenvalue weighted by atomic mass is 32.2. The van der Waals surface area contributed by atoms with E-state index in [4.69, 9.17) is 0 Å². The number of rotatable bonds is 6. The summed E-state index contributed by atoms with van der Waals surface area (Å²) < 4.78 is 27.7. The summed E-state index contributed by atoms with van der Waals surface area (Å²) in [5, 5.41) is 6.11. The fourth-order valence-corrected chi connectivity index (χ4v) is 6.16. The van der Waals surface area contributed by atoms with Crippen LogP contribution in [0.2, 0.25) is 0 Å². The number of carbonyl (C=O) groups excluding carboxylic acids is 1. The van der Waals surface area contributed by atoms with E-state index < -0.39 is 10.0 Å². The highest BCUT2D eigenvalue weighted by Crippen LogP contribution is 2.29. The lowest BCUT2D eigenvalue weighted by Gasteiger charge is -2.37. The number of hydrogen-bond acceptors (Lipinski definition) is 4. The highest BCUT2D eigenvalue weighted by molar-refractivity contribution is 7.89. The third-order valence-electron chi connectivity index (χ3n) is 5.73. The maximum Gasteiger partial charge on any atom is 0.243 e. The number of nitrogens with zero attached hydrogens (tertiary/aromatic N) is 1. The topological polar surface area (TPSA) is 78.5 Å². The van der Waals surface area contributed by atoms with Gasteiger partial charge in [0.1, 0.15) is 0 Å². The standard InChI is InChI=1S/C20H31N3O3S/c1-15-6-5-7-16(2)23(15)27(25,26)19-12-10-18(11-13-19)22-20(24)14-21-17-8-3-4-9-17/h10-13,15-17,21H,3-9,14H2,1-2H3,(H,22,24)/t15-,16-/m0/s1. The van der Waals surface area contributed by atoms with Crippen LogP contribution in [0.25, 0.3) is 0 Å². The largest absolute Gasteiger partial charge is 0.325 e. The molecule has 1 aliphatic heterocycles. The van der Waals surface area contributed by atoms with Crippen LogP contribution in [0.4, 0.5) is 5.69 Å². The molecule has 3 rings (SSSR count). The smallest absolute Gasteiger partial charge is 0.243 e. The molecule has 150 valence electrons. The van der Waals surface area contributed by atoms with Crippen LogP contribution in [0.1, 0.15) is 58.8 Å². The van der Waals surface area contributed by atoms with Crippen molar-refractivity contribution in [3.63, 3.8) is 0 Å². The van der Waals surface area contributed by atoms with Gasteiger partial charge in [0.2, 0.25) is 15.9 Å². The van der Waals surface area contributed by atoms with Gasteiger partial charge in [-0.25, -0.2) is 8.42 Å². The van der Waals surface area contributed by atoms with Crippen LogP contribution in [0.5, 0.6) is 0 Å². The summed E-state index contributed by atoms with van der Waals surface area (Å²) in [4.78, 5) is 12.4. The van der Waals surface area contributed by atoms with E-state index in [9.17, 15) is 13.2 Å². The second-order valence-corrected chi connectivity index (χ2v) is 9.74. The Balaban J connectivity index is 1.61. The fraction of sp³-hybridized carbons (Fsp3) is 0.650. The summed E-state index contributed by atoms with van der Waals surface area (Å²) in [6.45, 7) is 4.23. The van der Waals surface area contributed by atoms with E-state index in [2.05, 4.69) is 10.6 Å². The van der Waals surface area contributed by atoms with Gasteiger partial charge in [0.05, 0.1) is 11.4 Å². The van der Waals surface area contributed by atoms with Gasteiger partial charge in [-0.05, 0) is 63.8 Å². The van der Waals surface area contributed by atoms with Crippen molar-refractivity contribution < 1.29 is 13.2 Å². The minimum Gasteiger partial charge on any atom is -0.325 e. The first-order valence-corrected chi connectivity index (χ1v) is 11.5. The Labute approximate surface area is 162 Å². The minimum atomic E-state index is -3.52. The van der Waals surface area contributed by atoms with Crippen molar-refractivity contribution in [3.8, 4) is 0 Å². The first kappa shape index (κ1) is 20.3. The van der Waals surface area contributed by atoms with Crippen LogP contribution < -0.4 is 10.6 Å². The molecule has 6 nitrogen and oxygen atoms in total. The molecule has 0 bridgehead atoms. The average molecular weight is 394 g/mol. The number of nitrogens with one attached hydrogen (secondary N) is 2. The van der Waals surface area contributed by atoms with E-state index in [0.717, 1.165) is 32.1 Å². The Morgan fingerprint density at radius 3 is 2.19 bits per heavy atom. The molecule has 2 atom stereocenters. The van der Waals surface area contributed by atoms with E-state index in [1.54, 1.807) is 28.6 Å². The summed E-state index contributed by atoms with van der Waals surface area (Å²) in [5.74, 6) is -0.101. The lowest BCUT2D eigenvalue weighted by molar-refractivity contribution is -0.115. The Bertz CT molecular complexity index is 732. The van der Waals surface area contributed by atoms with Gasteiger partial charge in [-0.3, -0.25) is 4.79 Å². The first-order chi connectivity index (χ1) is 12.9. The van der Waals surface area contributed by atoms with Crippen molar-refractivity contribution in [2.75, 3.05) is 11.9 Å². The molecule has 1 amide bonds. The molecule has 0 unspecified atom stereocenters. The molecule has 0 spiro atoms.